The normalized spacial score (nSPS) is 13.8. The van der Waals surface area contributed by atoms with Gasteiger partial charge in [0.05, 0.1) is 12.3 Å². The first kappa shape index (κ1) is 39.9. The minimum Gasteiger partial charge on any atom is -0.481 e. The first-order valence-corrected chi connectivity index (χ1v) is 16.9. The molecule has 5 N–H and O–H groups in total. The number of unbranched alkanes of at least 4 members (excludes halogenated alkanes) is 8. The average Bonchev–Trinajstić information content (AvgIpc) is 3.03. The number of nitrogens with one attached hydrogen (secondary N) is 1. The fourth-order valence-electron chi connectivity index (χ4n) is 5.59. The van der Waals surface area contributed by atoms with E-state index in [4.69, 9.17) is 0 Å². The molecule has 0 heterocycles. The third-order valence-electron chi connectivity index (χ3n) is 8.41. The Morgan fingerprint density at radius 1 is 0.812 bits per heavy atom. The van der Waals surface area contributed by atoms with E-state index < -0.39 is 47.8 Å². The first-order chi connectivity index (χ1) is 22.9. The second kappa shape index (κ2) is 20.8. The number of carboxylic acid groups (broad SMARTS) is 3. The molecule has 0 saturated carbocycles. The number of allylic oxidation sites excluding steroid dienone is 1. The number of hydrogen-bond donors (Lipinski definition) is 5. The molecule has 0 aromatic heterocycles. The van der Waals surface area contributed by atoms with Crippen molar-refractivity contribution in [2.75, 3.05) is 0 Å². The molecule has 0 saturated heterocycles. The summed E-state index contributed by atoms with van der Waals surface area (Å²) in [6.45, 7) is 4.13. The van der Waals surface area contributed by atoms with Crippen molar-refractivity contribution < 1.29 is 44.4 Å². The number of Topliss-reactive ketones (excluding diaryl/α,β-unsaturated/α-hetero) is 1. The van der Waals surface area contributed by atoms with E-state index in [1.54, 1.807) is 12.1 Å². The van der Waals surface area contributed by atoms with E-state index in [9.17, 15) is 44.4 Å². The van der Waals surface area contributed by atoms with Gasteiger partial charge in [-0.25, -0.2) is 9.59 Å². The maximum absolute atomic E-state index is 13.4. The average molecular weight is 666 g/mol. The Kier molecular flexibility index (Phi) is 17.3. The maximum Gasteiger partial charge on any atom is 0.337 e. The topological polar surface area (TPSA) is 178 Å². The highest BCUT2D eigenvalue weighted by molar-refractivity contribution is 5.94. The van der Waals surface area contributed by atoms with Crippen molar-refractivity contribution in [3.05, 3.63) is 71.8 Å². The summed E-state index contributed by atoms with van der Waals surface area (Å²) in [6.07, 6.45) is 11.4. The van der Waals surface area contributed by atoms with Gasteiger partial charge < -0.3 is 25.7 Å². The zero-order chi connectivity index (χ0) is 35.5. The van der Waals surface area contributed by atoms with Gasteiger partial charge in [0.2, 0.25) is 5.91 Å². The number of hydrogen-bond acceptors (Lipinski definition) is 6. The van der Waals surface area contributed by atoms with Gasteiger partial charge in [-0.05, 0) is 49.3 Å². The molecule has 10 heteroatoms. The van der Waals surface area contributed by atoms with Gasteiger partial charge in [-0.1, -0.05) is 112 Å². The van der Waals surface area contributed by atoms with Gasteiger partial charge in [-0.2, -0.15) is 0 Å². The zero-order valence-corrected chi connectivity index (χ0v) is 28.2. The van der Waals surface area contributed by atoms with Crippen molar-refractivity contribution in [3.63, 3.8) is 0 Å². The molecule has 48 heavy (non-hydrogen) atoms. The van der Waals surface area contributed by atoms with Crippen LogP contribution in [0.3, 0.4) is 0 Å². The Morgan fingerprint density at radius 2 is 1.44 bits per heavy atom. The van der Waals surface area contributed by atoms with Crippen LogP contribution in [0, 0.1) is 12.8 Å². The Balaban J connectivity index is 2.03. The van der Waals surface area contributed by atoms with Crippen LogP contribution in [0.2, 0.25) is 0 Å². The molecule has 3 atom stereocenters. The summed E-state index contributed by atoms with van der Waals surface area (Å²) in [4.78, 5) is 61.2. The van der Waals surface area contributed by atoms with E-state index in [0.29, 0.717) is 31.2 Å². The largest absolute Gasteiger partial charge is 0.481 e. The second-order valence-corrected chi connectivity index (χ2v) is 12.5. The molecule has 262 valence electrons. The highest BCUT2D eigenvalue weighted by Gasteiger charge is 2.49. The predicted molar refractivity (Wildman–Crippen MR) is 183 cm³/mol. The summed E-state index contributed by atoms with van der Waals surface area (Å²) in [5.74, 6) is -7.64. The van der Waals surface area contributed by atoms with E-state index in [0.717, 1.165) is 67.7 Å². The third-order valence-corrected chi connectivity index (χ3v) is 8.41. The summed E-state index contributed by atoms with van der Waals surface area (Å²) in [6, 6.07) is 13.6. The molecule has 2 aromatic carbocycles. The zero-order valence-electron chi connectivity index (χ0n) is 28.2. The number of aliphatic carboxylic acids is 3. The van der Waals surface area contributed by atoms with Crippen molar-refractivity contribution in [2.24, 2.45) is 5.92 Å². The van der Waals surface area contributed by atoms with E-state index in [2.05, 4.69) is 12.2 Å². The number of carbonyl (C=O) groups is 5. The van der Waals surface area contributed by atoms with Crippen LogP contribution in [0.25, 0.3) is 11.1 Å². The van der Waals surface area contributed by atoms with Crippen molar-refractivity contribution in [3.8, 4) is 11.1 Å². The van der Waals surface area contributed by atoms with Crippen LogP contribution >= 0.6 is 0 Å². The molecular weight excluding hydrogens is 614 g/mol. The second-order valence-electron chi connectivity index (χ2n) is 12.5. The van der Waals surface area contributed by atoms with Gasteiger partial charge in [0.25, 0.3) is 0 Å². The molecule has 10 nitrogen and oxygen atoms in total. The van der Waals surface area contributed by atoms with Crippen LogP contribution in [0.15, 0.2) is 60.7 Å². The lowest BCUT2D eigenvalue weighted by Gasteiger charge is -2.29. The number of amides is 1. The Hall–Kier alpha value is -4.31. The summed E-state index contributed by atoms with van der Waals surface area (Å²) < 4.78 is 0. The smallest absolute Gasteiger partial charge is 0.337 e. The lowest BCUT2D eigenvalue weighted by Crippen LogP contribution is -2.55. The molecule has 0 aliphatic rings. The van der Waals surface area contributed by atoms with Gasteiger partial charge in [-0.15, -0.1) is 0 Å². The minimum absolute atomic E-state index is 0.128. The molecule has 0 spiro atoms. The van der Waals surface area contributed by atoms with Crippen molar-refractivity contribution in [2.45, 2.75) is 115 Å². The number of ketones is 1. The molecule has 2 aromatic rings. The molecule has 2 rings (SSSR count). The maximum atomic E-state index is 13.4. The minimum atomic E-state index is -3.01. The highest BCUT2D eigenvalue weighted by atomic mass is 16.4. The fourth-order valence-corrected chi connectivity index (χ4v) is 5.59. The number of aryl methyl sites for hydroxylation is 1. The van der Waals surface area contributed by atoms with Crippen LogP contribution in [-0.2, 0) is 30.4 Å². The molecule has 0 aliphatic carbocycles. The molecule has 0 fully saturated rings. The first-order valence-electron chi connectivity index (χ1n) is 16.9. The molecule has 0 unspecified atom stereocenters. The van der Waals surface area contributed by atoms with Crippen molar-refractivity contribution >= 4 is 29.6 Å². The van der Waals surface area contributed by atoms with Crippen LogP contribution < -0.4 is 5.32 Å². The van der Waals surface area contributed by atoms with E-state index >= 15 is 0 Å². The van der Waals surface area contributed by atoms with Crippen LogP contribution in [0.1, 0.15) is 102 Å². The van der Waals surface area contributed by atoms with Crippen molar-refractivity contribution in [1.29, 1.82) is 0 Å². The number of carbonyl (C=O) groups excluding carboxylic acids is 2. The van der Waals surface area contributed by atoms with E-state index in [1.807, 2.05) is 43.3 Å². The summed E-state index contributed by atoms with van der Waals surface area (Å²) in [5, 5.41) is 42.3. The fraction of sp³-hybridized carbons (Fsp3) is 0.500. The Labute approximate surface area is 283 Å². The molecule has 0 radical (unpaired) electrons. The lowest BCUT2D eigenvalue weighted by molar-refractivity contribution is -0.172. The predicted octanol–water partition coefficient (Wildman–Crippen LogP) is 6.51. The standard InChI is InChI=1S/C38H51NO9/c1-3-4-5-8-11-17-31(40)18-12-9-6-7-10-13-19-32(38(48,37(46)47)26-34(41)42)35(43)39-33(36(44)45)25-28-20-22-29(23-21-28)30-16-14-15-27(2)24-30/h13-16,19-24,32-33,48H,3-12,17-18,25-26H2,1-2H3,(H,39,43)(H,41,42)(H,44,45)(H,46,47)/b19-13+/t32-,33-,38-/m0/s1. The molecule has 0 bridgehead atoms. The summed E-state index contributed by atoms with van der Waals surface area (Å²) in [5.41, 5.74) is 0.584. The number of benzene rings is 2. The van der Waals surface area contributed by atoms with Crippen LogP contribution in [-0.4, -0.2) is 61.7 Å². The van der Waals surface area contributed by atoms with E-state index in [-0.39, 0.29) is 12.2 Å². The summed E-state index contributed by atoms with van der Waals surface area (Å²) in [7, 11) is 0. The lowest BCUT2D eigenvalue weighted by atomic mass is 9.82. The van der Waals surface area contributed by atoms with Gasteiger partial charge >= 0.3 is 17.9 Å². The summed E-state index contributed by atoms with van der Waals surface area (Å²) >= 11 is 0. The van der Waals surface area contributed by atoms with E-state index in [1.165, 1.54) is 12.5 Å². The van der Waals surface area contributed by atoms with Crippen LogP contribution in [0.5, 0.6) is 0 Å². The highest BCUT2D eigenvalue weighted by Crippen LogP contribution is 2.26. The molecule has 1 amide bonds. The SMILES string of the molecule is CCCCCCCC(=O)CCCCCC/C=C/[C@@H](C(=O)N[C@@H](Cc1ccc(-c2cccc(C)c2)cc1)C(=O)O)[C@@](O)(CC(=O)O)C(=O)O. The monoisotopic (exact) mass is 665 g/mol. The van der Waals surface area contributed by atoms with Gasteiger partial charge in [0.15, 0.2) is 5.60 Å². The quantitative estimate of drug-likeness (QED) is 0.0618. The Bertz CT molecular complexity index is 1380. The molecular formula is C38H51NO9. The van der Waals surface area contributed by atoms with Crippen LogP contribution in [0.4, 0.5) is 0 Å². The van der Waals surface area contributed by atoms with Crippen molar-refractivity contribution in [1.82, 2.24) is 5.32 Å². The molecule has 0 aliphatic heterocycles. The number of rotatable bonds is 24. The van der Waals surface area contributed by atoms with Gasteiger partial charge in [0, 0.05) is 19.3 Å². The Morgan fingerprint density at radius 3 is 2.00 bits per heavy atom. The third kappa shape index (κ3) is 13.8. The number of aliphatic hydroxyl groups is 1. The van der Waals surface area contributed by atoms with Gasteiger partial charge in [0.1, 0.15) is 11.8 Å². The number of carboxylic acids is 3. The van der Waals surface area contributed by atoms with Gasteiger partial charge in [-0.3, -0.25) is 14.4 Å².